The second kappa shape index (κ2) is 47.5. The third kappa shape index (κ3) is 31.1. The molecular weight excluding hydrogens is 1430 g/mol. The lowest BCUT2D eigenvalue weighted by Crippen LogP contribution is -2.11. The number of benzene rings is 9. The highest BCUT2D eigenvalue weighted by Gasteiger charge is 2.18. The largest absolute Gasteiger partial charge is 0.497 e. The summed E-state index contributed by atoms with van der Waals surface area (Å²) < 4.78 is 67.0. The molecule has 0 amide bonds. The lowest BCUT2D eigenvalue weighted by Gasteiger charge is -2.10. The smallest absolute Gasteiger partial charge is 0.343 e. The molecule has 0 aromatic heterocycles. The molecule has 0 atom stereocenters. The van der Waals surface area contributed by atoms with Gasteiger partial charge in [0, 0.05) is 42.2 Å². The first-order valence-electron chi connectivity index (χ1n) is 36.7. The summed E-state index contributed by atoms with van der Waals surface area (Å²) in [5.74, 6) is 4.84. The molecule has 0 aliphatic heterocycles. The van der Waals surface area contributed by atoms with Gasteiger partial charge in [-0.15, -0.1) is 0 Å². The van der Waals surface area contributed by atoms with E-state index in [-0.39, 0.29) is 46.8 Å². The topological polar surface area (TPSA) is 212 Å². The Morgan fingerprint density at radius 2 is 0.811 bits per heavy atom. The molecule has 9 aromatic rings. The van der Waals surface area contributed by atoms with Crippen molar-refractivity contribution in [2.75, 3.05) is 40.1 Å². The predicted molar refractivity (Wildman–Crippen MR) is 427 cm³/mol. The first kappa shape index (κ1) is 85.9. The SMILES string of the molecule is C=CC(=O)OCCCCCCc1ccc(-c2ccc(C(=O)Oc3ccc(CCCCCCCC)cc3F)cc2)cc1.C=CC(=O)OCCCOc1ccc(C(=O)Oc2ccc(C#Cc3ccc(C)cc3C)cc2)cc1.C=CC(=O)OCCCOc1ccc(C(=O)Oc2ccc(C(=O)Oc3ccc(OC)cc3)cc2Cl)cc1. The Bertz CT molecular complexity index is 4600. The van der Waals surface area contributed by atoms with Gasteiger partial charge in [-0.05, 0) is 219 Å². The molecule has 17 nitrogen and oxygen atoms in total. The van der Waals surface area contributed by atoms with E-state index in [1.807, 2.05) is 49.4 Å². The van der Waals surface area contributed by atoms with E-state index in [1.54, 1.807) is 103 Å². The highest BCUT2D eigenvalue weighted by atomic mass is 35.5. The number of ether oxygens (including phenoxy) is 10. The summed E-state index contributed by atoms with van der Waals surface area (Å²) in [5.41, 5.74) is 9.68. The number of rotatable bonds is 37. The van der Waals surface area contributed by atoms with E-state index in [0.717, 1.165) is 96.9 Å². The zero-order valence-corrected chi connectivity index (χ0v) is 63.8. The molecule has 111 heavy (non-hydrogen) atoms. The average molecular weight is 1520 g/mol. The quantitative estimate of drug-likeness (QED) is 0.00884. The van der Waals surface area contributed by atoms with Crippen LogP contribution in [0.2, 0.25) is 5.02 Å². The first-order valence-corrected chi connectivity index (χ1v) is 37.0. The summed E-state index contributed by atoms with van der Waals surface area (Å²) in [7, 11) is 1.54. The van der Waals surface area contributed by atoms with Crippen molar-refractivity contribution in [3.8, 4) is 63.2 Å². The summed E-state index contributed by atoms with van der Waals surface area (Å²) in [6, 6.07) is 57.5. The fourth-order valence-corrected chi connectivity index (χ4v) is 10.8. The molecule has 19 heteroatoms. The van der Waals surface area contributed by atoms with Crippen LogP contribution in [0, 0.1) is 31.5 Å². The number of halogens is 2. The average Bonchev–Trinajstić information content (AvgIpc) is 0.837. The minimum absolute atomic E-state index is 0.0440. The van der Waals surface area contributed by atoms with Crippen LogP contribution in [0.3, 0.4) is 0 Å². The zero-order valence-electron chi connectivity index (χ0n) is 63.0. The van der Waals surface area contributed by atoms with Gasteiger partial charge >= 0.3 is 41.8 Å². The van der Waals surface area contributed by atoms with Gasteiger partial charge in [-0.25, -0.2) is 38.0 Å². The van der Waals surface area contributed by atoms with E-state index >= 15 is 0 Å². The molecule has 0 heterocycles. The van der Waals surface area contributed by atoms with Crippen molar-refractivity contribution in [2.45, 2.75) is 111 Å². The molecule has 0 radical (unpaired) electrons. The van der Waals surface area contributed by atoms with Crippen LogP contribution in [0.5, 0.6) is 40.2 Å². The number of hydrogen-bond donors (Lipinski definition) is 0. The fraction of sp³-hybridized carbons (Fsp3) is 0.250. The molecule has 0 saturated carbocycles. The maximum absolute atomic E-state index is 14.6. The maximum Gasteiger partial charge on any atom is 0.343 e. The van der Waals surface area contributed by atoms with Crippen molar-refractivity contribution in [2.24, 2.45) is 0 Å². The number of unbranched alkanes of at least 4 members (excludes halogenated alkanes) is 8. The van der Waals surface area contributed by atoms with Gasteiger partial charge in [0.2, 0.25) is 0 Å². The standard InChI is InChI=1S/C36H43FO4.C29H26O5.C27H23ClO8/c1-3-5-6-7-8-12-15-29-18-25-34(33(37)27-29)41-36(39)32-23-21-31(22-24-32)30-19-16-28(17-20-30)14-11-9-10-13-26-40-35(38)4-2;1-4-28(30)33-19-5-18-32-26-16-12-25(13-17-26)29(31)34-27-14-8-23(9-15-27)7-11-24-10-6-21(2)20-22(24)3;1-3-25(29)34-16-4-15-33-21-8-5-18(6-9-21)26(30)36-24-14-7-19(17-23(24)28)27(31)35-22-12-10-20(32-2)11-13-22/h4,16-25,27H,2-3,5-15,26H2,1H3;4,6,8-10,12-17,20H,1,5,18-19H2,2-3H3;3,5-14,17H,1,4,15-16H2,2H3. The van der Waals surface area contributed by atoms with Crippen molar-refractivity contribution in [3.63, 3.8) is 0 Å². The highest BCUT2D eigenvalue weighted by molar-refractivity contribution is 6.32. The third-order valence-electron chi connectivity index (χ3n) is 16.7. The molecule has 0 spiro atoms. The van der Waals surface area contributed by atoms with E-state index in [9.17, 15) is 38.0 Å². The van der Waals surface area contributed by atoms with Gasteiger partial charge in [-0.2, -0.15) is 0 Å². The van der Waals surface area contributed by atoms with Crippen LogP contribution in [-0.4, -0.2) is 81.9 Å². The number of carbonyl (C=O) groups excluding carboxylic acids is 7. The Morgan fingerprint density at radius 1 is 0.396 bits per heavy atom. The molecule has 0 unspecified atom stereocenters. The van der Waals surface area contributed by atoms with Gasteiger partial charge in [0.1, 0.15) is 34.5 Å². The van der Waals surface area contributed by atoms with Gasteiger partial charge in [-0.3, -0.25) is 0 Å². The Morgan fingerprint density at radius 3 is 1.32 bits per heavy atom. The number of aryl methyl sites for hydroxylation is 4. The molecule has 9 rings (SSSR count). The van der Waals surface area contributed by atoms with Crippen LogP contribution in [-0.2, 0) is 41.4 Å². The van der Waals surface area contributed by atoms with Crippen molar-refractivity contribution < 1.29 is 85.3 Å². The Hall–Kier alpha value is -12.3. The molecule has 0 fully saturated rings. The predicted octanol–water partition coefficient (Wildman–Crippen LogP) is 20.2. The van der Waals surface area contributed by atoms with Crippen LogP contribution in [0.4, 0.5) is 4.39 Å². The molecule has 0 N–H and O–H groups in total. The second-order valence-electron chi connectivity index (χ2n) is 25.3. The summed E-state index contributed by atoms with van der Waals surface area (Å²) in [5, 5.41) is 0.0737. The first-order chi connectivity index (χ1) is 53.8. The third-order valence-corrected chi connectivity index (χ3v) is 17.0. The Kier molecular flexibility index (Phi) is 36.7. The van der Waals surface area contributed by atoms with Crippen LogP contribution < -0.4 is 33.2 Å². The van der Waals surface area contributed by atoms with Crippen LogP contribution in [0.1, 0.15) is 159 Å². The zero-order chi connectivity index (χ0) is 79.5. The highest BCUT2D eigenvalue weighted by Crippen LogP contribution is 2.30. The van der Waals surface area contributed by atoms with Crippen LogP contribution in [0.25, 0.3) is 11.1 Å². The van der Waals surface area contributed by atoms with E-state index in [2.05, 4.69) is 75.8 Å². The van der Waals surface area contributed by atoms with E-state index < -0.39 is 41.6 Å². The van der Waals surface area contributed by atoms with E-state index in [1.165, 1.54) is 74.3 Å². The lowest BCUT2D eigenvalue weighted by molar-refractivity contribution is -0.138. The van der Waals surface area contributed by atoms with Gasteiger partial charge in [0.15, 0.2) is 11.6 Å². The normalized spacial score (nSPS) is 10.3. The molecule has 0 aliphatic rings. The van der Waals surface area contributed by atoms with Gasteiger partial charge in [-0.1, -0.05) is 155 Å². The Labute approximate surface area is 653 Å². The van der Waals surface area contributed by atoms with Gasteiger partial charge < -0.3 is 47.4 Å². The molecule has 0 aliphatic carbocycles. The van der Waals surface area contributed by atoms with E-state index in [0.29, 0.717) is 72.5 Å². The minimum Gasteiger partial charge on any atom is -0.497 e. The fourth-order valence-electron chi connectivity index (χ4n) is 10.6. The number of esters is 7. The molecular formula is C92H92ClFO17. The van der Waals surface area contributed by atoms with Crippen molar-refractivity contribution in [3.05, 3.63) is 305 Å². The Balaban J connectivity index is 0.000000232. The van der Waals surface area contributed by atoms with Crippen LogP contribution in [0.15, 0.2) is 238 Å². The summed E-state index contributed by atoms with van der Waals surface area (Å²) in [6.45, 7) is 18.0. The monoisotopic (exact) mass is 1520 g/mol. The van der Waals surface area contributed by atoms with Gasteiger partial charge in [0.25, 0.3) is 0 Å². The van der Waals surface area contributed by atoms with Crippen molar-refractivity contribution >= 4 is 53.4 Å². The summed E-state index contributed by atoms with van der Waals surface area (Å²) in [4.78, 5) is 83.0. The second-order valence-corrected chi connectivity index (χ2v) is 25.7. The maximum atomic E-state index is 14.6. The van der Waals surface area contributed by atoms with Crippen molar-refractivity contribution in [1.82, 2.24) is 0 Å². The molecule has 0 saturated heterocycles. The molecule has 576 valence electrons. The van der Waals surface area contributed by atoms with Crippen LogP contribution >= 0.6 is 11.6 Å². The molecule has 9 aromatic carbocycles. The van der Waals surface area contributed by atoms with E-state index in [4.69, 9.17) is 59.0 Å². The molecule has 0 bridgehead atoms. The lowest BCUT2D eigenvalue weighted by atomic mass is 10.0. The number of carbonyl (C=O) groups is 7. The summed E-state index contributed by atoms with van der Waals surface area (Å²) >= 11 is 6.23. The number of methoxy groups -OCH3 is 1. The number of hydrogen-bond acceptors (Lipinski definition) is 17. The minimum atomic E-state index is -0.631. The van der Waals surface area contributed by atoms with Gasteiger partial charge in [0.05, 0.1) is 67.4 Å². The van der Waals surface area contributed by atoms with Crippen molar-refractivity contribution in [1.29, 1.82) is 0 Å². The summed E-state index contributed by atoms with van der Waals surface area (Å²) in [6.07, 6.45) is 17.5.